The van der Waals surface area contributed by atoms with E-state index in [1.165, 1.54) is 50.9 Å². The maximum absolute atomic E-state index is 13.8. The number of hydrogen-bond donors (Lipinski definition) is 2. The molecule has 0 bridgehead atoms. The molecule has 47 heavy (non-hydrogen) atoms. The average molecular weight is 683 g/mol. The zero-order chi connectivity index (χ0) is 33.3. The fourth-order valence-corrected chi connectivity index (χ4v) is 7.04. The molecule has 1 saturated heterocycles. The van der Waals surface area contributed by atoms with Crippen LogP contribution in [0.1, 0.15) is 20.8 Å². The SMILES string of the molecule is Nc1ccc(S(=O)(=O)Nc2ccc(C(=O)N3CCN(C(=O)c4cscn4)CC3)cc2OC(F)(F)F)c(-c2cccc3cccnc23)c1. The molecule has 5 aromatic rings. The van der Waals surface area contributed by atoms with Crippen LogP contribution in [0.4, 0.5) is 24.5 Å². The Labute approximate surface area is 270 Å². The lowest BCUT2D eigenvalue weighted by molar-refractivity contribution is -0.274. The van der Waals surface area contributed by atoms with Gasteiger partial charge in [0.25, 0.3) is 21.8 Å². The third-order valence-electron chi connectivity index (χ3n) is 7.42. The Morgan fingerprint density at radius 3 is 2.32 bits per heavy atom. The molecule has 0 spiro atoms. The van der Waals surface area contributed by atoms with Crippen molar-refractivity contribution in [3.8, 4) is 16.9 Å². The molecule has 3 aromatic carbocycles. The number of nitrogen functional groups attached to an aromatic ring is 1. The number of sulfonamides is 1. The number of rotatable bonds is 7. The van der Waals surface area contributed by atoms with Gasteiger partial charge in [-0.25, -0.2) is 13.4 Å². The highest BCUT2D eigenvalue weighted by Gasteiger charge is 2.34. The van der Waals surface area contributed by atoms with Crippen molar-refractivity contribution in [2.75, 3.05) is 36.6 Å². The van der Waals surface area contributed by atoms with Crippen LogP contribution in [0.3, 0.4) is 0 Å². The van der Waals surface area contributed by atoms with Gasteiger partial charge in [0.15, 0.2) is 5.75 Å². The van der Waals surface area contributed by atoms with Gasteiger partial charge in [0.1, 0.15) is 5.69 Å². The number of benzene rings is 3. The lowest BCUT2D eigenvalue weighted by atomic mass is 10.0. The molecule has 3 heterocycles. The van der Waals surface area contributed by atoms with Crippen molar-refractivity contribution in [3.63, 3.8) is 0 Å². The molecular formula is C31H25F3N6O5S2. The number of alkyl halides is 3. The summed E-state index contributed by atoms with van der Waals surface area (Å²) in [5.74, 6) is -1.82. The third kappa shape index (κ3) is 6.83. The molecule has 6 rings (SSSR count). The third-order valence-corrected chi connectivity index (χ3v) is 9.43. The quantitative estimate of drug-likeness (QED) is 0.222. The number of nitrogens with zero attached hydrogens (tertiary/aromatic N) is 4. The number of anilines is 2. The Balaban J connectivity index is 1.28. The first-order valence-electron chi connectivity index (χ1n) is 14.0. The van der Waals surface area contributed by atoms with Crippen LogP contribution in [0.5, 0.6) is 5.75 Å². The molecule has 1 fully saturated rings. The first kappa shape index (κ1) is 31.7. The summed E-state index contributed by atoms with van der Waals surface area (Å²) in [6.07, 6.45) is -3.65. The number of carbonyl (C=O) groups excluding carboxylic acids is 2. The van der Waals surface area contributed by atoms with E-state index >= 15 is 0 Å². The average Bonchev–Trinajstić information content (AvgIpc) is 3.59. The van der Waals surface area contributed by atoms with Gasteiger partial charge >= 0.3 is 6.36 Å². The molecule has 1 aliphatic rings. The van der Waals surface area contributed by atoms with E-state index in [1.54, 1.807) is 41.9 Å². The molecule has 2 aromatic heterocycles. The topological polar surface area (TPSA) is 148 Å². The molecule has 1 aliphatic heterocycles. The van der Waals surface area contributed by atoms with Gasteiger partial charge < -0.3 is 20.3 Å². The number of aromatic nitrogens is 2. The van der Waals surface area contributed by atoms with Crippen LogP contribution in [0.25, 0.3) is 22.0 Å². The first-order chi connectivity index (χ1) is 22.4. The van der Waals surface area contributed by atoms with Gasteiger partial charge in [-0.05, 0) is 42.5 Å². The number of nitrogens with two attached hydrogens (primary N) is 1. The van der Waals surface area contributed by atoms with Crippen molar-refractivity contribution in [1.82, 2.24) is 19.8 Å². The molecule has 0 atom stereocenters. The number of para-hydroxylation sites is 1. The van der Waals surface area contributed by atoms with E-state index in [0.29, 0.717) is 16.8 Å². The fraction of sp³-hybridized carbons (Fsp3) is 0.161. The lowest BCUT2D eigenvalue weighted by Crippen LogP contribution is -2.50. The number of fused-ring (bicyclic) bond motifs is 1. The van der Waals surface area contributed by atoms with Crippen molar-refractivity contribution < 1.29 is 35.9 Å². The minimum absolute atomic E-state index is 0.126. The molecule has 16 heteroatoms. The molecule has 11 nitrogen and oxygen atoms in total. The molecular weight excluding hydrogens is 658 g/mol. The Morgan fingerprint density at radius 1 is 0.894 bits per heavy atom. The molecule has 242 valence electrons. The Kier molecular flexibility index (Phi) is 8.46. The highest BCUT2D eigenvalue weighted by molar-refractivity contribution is 7.92. The maximum atomic E-state index is 13.8. The van der Waals surface area contributed by atoms with Crippen molar-refractivity contribution in [3.05, 3.63) is 95.1 Å². The van der Waals surface area contributed by atoms with Gasteiger partial charge in [-0.15, -0.1) is 24.5 Å². The summed E-state index contributed by atoms with van der Waals surface area (Å²) >= 11 is 1.28. The van der Waals surface area contributed by atoms with Gasteiger partial charge in [-0.3, -0.25) is 19.3 Å². The summed E-state index contributed by atoms with van der Waals surface area (Å²) in [6, 6.07) is 15.8. The summed E-state index contributed by atoms with van der Waals surface area (Å²) in [5, 5.41) is 2.35. The number of hydrogen-bond acceptors (Lipinski definition) is 9. The van der Waals surface area contributed by atoms with Crippen molar-refractivity contribution in [2.45, 2.75) is 11.3 Å². The number of amides is 2. The minimum Gasteiger partial charge on any atom is -0.404 e. The molecule has 0 unspecified atom stereocenters. The van der Waals surface area contributed by atoms with Crippen LogP contribution in [0, 0.1) is 0 Å². The molecule has 3 N–H and O–H groups in total. The van der Waals surface area contributed by atoms with E-state index in [-0.39, 0.29) is 53.8 Å². The largest absolute Gasteiger partial charge is 0.573 e. The Bertz CT molecular complexity index is 2080. The smallest absolute Gasteiger partial charge is 0.404 e. The number of piperazine rings is 1. The first-order valence-corrected chi connectivity index (χ1v) is 16.5. The number of nitrogens with one attached hydrogen (secondary N) is 1. The highest BCUT2D eigenvalue weighted by atomic mass is 32.2. The number of halogens is 3. The summed E-state index contributed by atoms with van der Waals surface area (Å²) in [5.41, 5.74) is 8.50. The number of carbonyl (C=O) groups is 2. The van der Waals surface area contributed by atoms with E-state index in [9.17, 15) is 31.2 Å². The summed E-state index contributed by atoms with van der Waals surface area (Å²) < 4.78 is 74.5. The van der Waals surface area contributed by atoms with E-state index in [4.69, 9.17) is 5.73 Å². The Morgan fingerprint density at radius 2 is 1.62 bits per heavy atom. The minimum atomic E-state index is -5.20. The van der Waals surface area contributed by atoms with Crippen LogP contribution in [0.2, 0.25) is 0 Å². The molecule has 0 aliphatic carbocycles. The predicted molar refractivity (Wildman–Crippen MR) is 169 cm³/mol. The fourth-order valence-electron chi connectivity index (χ4n) is 5.24. The zero-order valence-corrected chi connectivity index (χ0v) is 25.9. The lowest BCUT2D eigenvalue weighted by Gasteiger charge is -2.34. The molecule has 2 amide bonds. The van der Waals surface area contributed by atoms with Crippen molar-refractivity contribution in [2.24, 2.45) is 0 Å². The Hall–Kier alpha value is -5.22. The van der Waals surface area contributed by atoms with Crippen molar-refractivity contribution in [1.29, 1.82) is 0 Å². The van der Waals surface area contributed by atoms with Crippen LogP contribution in [0.15, 0.2) is 88.7 Å². The normalized spacial score (nSPS) is 13.9. The molecule has 0 saturated carbocycles. The van der Waals surface area contributed by atoms with Crippen molar-refractivity contribution >= 4 is 55.5 Å². The monoisotopic (exact) mass is 682 g/mol. The summed E-state index contributed by atoms with van der Waals surface area (Å²) in [7, 11) is -4.56. The number of pyridine rings is 1. The van der Waals surface area contributed by atoms with Gasteiger partial charge in [-0.2, -0.15) is 0 Å². The summed E-state index contributed by atoms with van der Waals surface area (Å²) in [6.45, 7) is 0.646. The van der Waals surface area contributed by atoms with Gasteiger partial charge in [0, 0.05) is 65.5 Å². The van der Waals surface area contributed by atoms with Crippen LogP contribution in [-0.2, 0) is 10.0 Å². The standard InChI is InChI=1S/C31H25F3N6O5S2/c32-31(33,34)45-26-15-20(29(41)39-11-13-40(14-12-39)30(42)25-17-46-18-37-25)6-8-24(26)38-47(43,44)27-9-7-21(35)16-23(27)22-5-1-3-19-4-2-10-36-28(19)22/h1-10,15-18,38H,11-14,35H2. The number of ether oxygens (including phenoxy) is 1. The van der Waals surface area contributed by atoms with E-state index in [2.05, 4.69) is 19.4 Å². The highest BCUT2D eigenvalue weighted by Crippen LogP contribution is 2.37. The second-order valence-electron chi connectivity index (χ2n) is 10.5. The molecule has 0 radical (unpaired) electrons. The predicted octanol–water partition coefficient (Wildman–Crippen LogP) is 5.24. The maximum Gasteiger partial charge on any atom is 0.573 e. The van der Waals surface area contributed by atoms with Gasteiger partial charge in [0.05, 0.1) is 21.6 Å². The van der Waals surface area contributed by atoms with E-state index in [0.717, 1.165) is 17.5 Å². The zero-order valence-electron chi connectivity index (χ0n) is 24.3. The van der Waals surface area contributed by atoms with Gasteiger partial charge in [-0.1, -0.05) is 24.3 Å². The summed E-state index contributed by atoms with van der Waals surface area (Å²) in [4.78, 5) is 36.9. The van der Waals surface area contributed by atoms with Crippen LogP contribution in [-0.4, -0.2) is 72.5 Å². The van der Waals surface area contributed by atoms with E-state index in [1.807, 2.05) is 0 Å². The number of thiazole rings is 1. The van der Waals surface area contributed by atoms with E-state index < -0.39 is 33.7 Å². The second-order valence-corrected chi connectivity index (χ2v) is 12.8. The van der Waals surface area contributed by atoms with Crippen LogP contribution < -0.4 is 15.2 Å². The van der Waals surface area contributed by atoms with Gasteiger partial charge in [0.2, 0.25) is 0 Å². The second kappa shape index (κ2) is 12.5. The van der Waals surface area contributed by atoms with Crippen LogP contribution >= 0.6 is 11.3 Å².